The van der Waals surface area contributed by atoms with Gasteiger partial charge in [0.05, 0.1) is 7.11 Å². The van der Waals surface area contributed by atoms with Crippen LogP contribution >= 0.6 is 0 Å². The van der Waals surface area contributed by atoms with Crippen molar-refractivity contribution in [3.8, 4) is 5.75 Å². The summed E-state index contributed by atoms with van der Waals surface area (Å²) in [7, 11) is 1.73. The van der Waals surface area contributed by atoms with Crippen LogP contribution in [0.5, 0.6) is 5.75 Å². The molecule has 3 rings (SSSR count). The van der Waals surface area contributed by atoms with E-state index in [9.17, 15) is 0 Å². The summed E-state index contributed by atoms with van der Waals surface area (Å²) in [5, 5.41) is 11.3. The van der Waals surface area contributed by atoms with Crippen LogP contribution in [0.3, 0.4) is 0 Å². The van der Waals surface area contributed by atoms with E-state index < -0.39 is 0 Å². The van der Waals surface area contributed by atoms with E-state index in [0.29, 0.717) is 0 Å². The Morgan fingerprint density at radius 1 is 1.29 bits per heavy atom. The fourth-order valence-electron chi connectivity index (χ4n) is 3.53. The maximum Gasteiger partial charge on any atom is 0.138 e. The Morgan fingerprint density at radius 3 is 3.08 bits per heavy atom. The topological polar surface area (TPSA) is 56.1 Å². The van der Waals surface area contributed by atoms with Crippen LogP contribution in [-0.2, 0) is 13.0 Å². The summed E-state index contributed by atoms with van der Waals surface area (Å²) in [5.74, 6) is 1.76. The molecule has 1 saturated heterocycles. The third kappa shape index (κ3) is 5.03. The van der Waals surface area contributed by atoms with Gasteiger partial charge in [-0.2, -0.15) is 0 Å². The minimum Gasteiger partial charge on any atom is -0.497 e. The minimum atomic E-state index is 0.804. The Balaban J connectivity index is 1.40. The summed E-state index contributed by atoms with van der Waals surface area (Å²) < 4.78 is 7.12. The van der Waals surface area contributed by atoms with Crippen LogP contribution in [0.2, 0.25) is 0 Å². The number of rotatable bonds is 8. The average molecular weight is 329 g/mol. The van der Waals surface area contributed by atoms with Crippen LogP contribution < -0.4 is 4.74 Å². The zero-order valence-corrected chi connectivity index (χ0v) is 14.5. The van der Waals surface area contributed by atoms with Crippen LogP contribution in [0.15, 0.2) is 30.6 Å². The number of aromatic nitrogens is 4. The molecule has 0 radical (unpaired) electrons. The van der Waals surface area contributed by atoms with Crippen LogP contribution in [-0.4, -0.2) is 51.9 Å². The molecule has 0 spiro atoms. The van der Waals surface area contributed by atoms with E-state index in [1.165, 1.54) is 37.9 Å². The number of ether oxygens (including phenoxy) is 1. The Labute approximate surface area is 143 Å². The molecule has 0 saturated carbocycles. The first kappa shape index (κ1) is 16.9. The van der Waals surface area contributed by atoms with Crippen LogP contribution in [0.25, 0.3) is 0 Å². The van der Waals surface area contributed by atoms with Crippen molar-refractivity contribution in [2.45, 2.75) is 38.6 Å². The van der Waals surface area contributed by atoms with Crippen LogP contribution in [0.1, 0.15) is 31.2 Å². The molecule has 1 aromatic heterocycles. The number of methoxy groups -OCH3 is 1. The predicted octanol–water partition coefficient (Wildman–Crippen LogP) is 2.42. The highest BCUT2D eigenvalue weighted by molar-refractivity contribution is 5.28. The predicted molar refractivity (Wildman–Crippen MR) is 92.9 cm³/mol. The Morgan fingerprint density at radius 2 is 2.25 bits per heavy atom. The Kier molecular flexibility index (Phi) is 6.18. The molecule has 2 aromatic rings. The van der Waals surface area contributed by atoms with Crippen molar-refractivity contribution >= 4 is 0 Å². The maximum atomic E-state index is 5.31. The molecule has 1 aliphatic heterocycles. The SMILES string of the molecule is COc1cccc(CC[C@H]2CCCN(CCCn3cnnn3)C2)c1. The highest BCUT2D eigenvalue weighted by Crippen LogP contribution is 2.23. The molecule has 0 unspecified atom stereocenters. The highest BCUT2D eigenvalue weighted by Gasteiger charge is 2.19. The van der Waals surface area contributed by atoms with Crippen molar-refractivity contribution in [1.82, 2.24) is 25.1 Å². The lowest BCUT2D eigenvalue weighted by molar-refractivity contribution is 0.164. The van der Waals surface area contributed by atoms with Crippen molar-refractivity contribution < 1.29 is 4.74 Å². The summed E-state index contributed by atoms with van der Waals surface area (Å²) in [4.78, 5) is 2.60. The molecular weight excluding hydrogens is 302 g/mol. The Bertz CT molecular complexity index is 601. The number of hydrogen-bond donors (Lipinski definition) is 0. The van der Waals surface area contributed by atoms with Crippen molar-refractivity contribution in [3.05, 3.63) is 36.2 Å². The minimum absolute atomic E-state index is 0.804. The smallest absolute Gasteiger partial charge is 0.138 e. The molecule has 1 atom stereocenters. The highest BCUT2D eigenvalue weighted by atomic mass is 16.5. The third-order valence-corrected chi connectivity index (χ3v) is 4.83. The van der Waals surface area contributed by atoms with Gasteiger partial charge in [0, 0.05) is 13.1 Å². The second-order valence-electron chi connectivity index (χ2n) is 6.63. The summed E-state index contributed by atoms with van der Waals surface area (Å²) >= 11 is 0. The molecule has 1 fully saturated rings. The lowest BCUT2D eigenvalue weighted by Gasteiger charge is -2.32. The van der Waals surface area contributed by atoms with E-state index in [4.69, 9.17) is 4.74 Å². The number of hydrogen-bond acceptors (Lipinski definition) is 5. The van der Waals surface area contributed by atoms with Gasteiger partial charge < -0.3 is 9.64 Å². The normalized spacial score (nSPS) is 18.6. The second kappa shape index (κ2) is 8.78. The maximum absolute atomic E-state index is 5.31. The van der Waals surface area contributed by atoms with Crippen molar-refractivity contribution in [2.24, 2.45) is 5.92 Å². The number of piperidine rings is 1. The molecule has 24 heavy (non-hydrogen) atoms. The number of likely N-dealkylation sites (tertiary alicyclic amines) is 1. The fraction of sp³-hybridized carbons (Fsp3) is 0.611. The zero-order valence-electron chi connectivity index (χ0n) is 14.5. The summed E-state index contributed by atoms with van der Waals surface area (Å²) in [6.45, 7) is 4.48. The van der Waals surface area contributed by atoms with Crippen molar-refractivity contribution in [3.63, 3.8) is 0 Å². The fourth-order valence-corrected chi connectivity index (χ4v) is 3.53. The molecule has 0 amide bonds. The molecule has 6 nitrogen and oxygen atoms in total. The summed E-state index contributed by atoms with van der Waals surface area (Å²) in [5.41, 5.74) is 1.38. The van der Waals surface area contributed by atoms with Gasteiger partial charge in [0.15, 0.2) is 0 Å². The van der Waals surface area contributed by atoms with Gasteiger partial charge in [-0.25, -0.2) is 4.68 Å². The number of tetrazole rings is 1. The van der Waals surface area contributed by atoms with E-state index in [2.05, 4.69) is 38.6 Å². The summed E-state index contributed by atoms with van der Waals surface area (Å²) in [6.07, 6.45) is 7.86. The van der Waals surface area contributed by atoms with Gasteiger partial charge in [0.25, 0.3) is 0 Å². The molecule has 1 aliphatic rings. The standard InChI is InChI=1S/C18H27N5O/c1-24-18-7-2-5-16(13-18)8-9-17-6-3-10-22(14-17)11-4-12-23-15-19-20-21-23/h2,5,7,13,15,17H,3-4,6,8-12,14H2,1H3/t17-/m1/s1. The van der Waals surface area contributed by atoms with Crippen LogP contribution in [0.4, 0.5) is 0 Å². The Hall–Kier alpha value is -1.95. The largest absolute Gasteiger partial charge is 0.497 e. The summed E-state index contributed by atoms with van der Waals surface area (Å²) in [6, 6.07) is 8.46. The van der Waals surface area contributed by atoms with E-state index in [0.717, 1.165) is 37.6 Å². The molecule has 2 heterocycles. The van der Waals surface area contributed by atoms with Gasteiger partial charge in [-0.15, -0.1) is 5.10 Å². The first-order chi connectivity index (χ1) is 11.8. The van der Waals surface area contributed by atoms with Gasteiger partial charge in [0.1, 0.15) is 12.1 Å². The van der Waals surface area contributed by atoms with E-state index in [1.807, 2.05) is 10.7 Å². The number of aryl methyl sites for hydroxylation is 2. The van der Waals surface area contributed by atoms with Crippen molar-refractivity contribution in [2.75, 3.05) is 26.7 Å². The lowest BCUT2D eigenvalue weighted by Crippen LogP contribution is -2.36. The molecule has 6 heteroatoms. The molecule has 0 N–H and O–H groups in total. The van der Waals surface area contributed by atoms with Gasteiger partial charge in [0.2, 0.25) is 0 Å². The second-order valence-corrected chi connectivity index (χ2v) is 6.63. The average Bonchev–Trinajstić information content (AvgIpc) is 3.14. The van der Waals surface area contributed by atoms with Gasteiger partial charge in [-0.05, 0) is 79.2 Å². The monoisotopic (exact) mass is 329 g/mol. The van der Waals surface area contributed by atoms with Gasteiger partial charge >= 0.3 is 0 Å². The quantitative estimate of drug-likeness (QED) is 0.744. The van der Waals surface area contributed by atoms with E-state index in [-0.39, 0.29) is 0 Å². The molecule has 0 aliphatic carbocycles. The number of benzene rings is 1. The zero-order chi connectivity index (χ0) is 16.6. The lowest BCUT2D eigenvalue weighted by atomic mass is 9.91. The van der Waals surface area contributed by atoms with Crippen LogP contribution in [0, 0.1) is 5.92 Å². The molecule has 0 bridgehead atoms. The first-order valence-corrected chi connectivity index (χ1v) is 8.89. The first-order valence-electron chi connectivity index (χ1n) is 8.89. The molecule has 1 aromatic carbocycles. The van der Waals surface area contributed by atoms with Gasteiger partial charge in [-0.3, -0.25) is 0 Å². The van der Waals surface area contributed by atoms with Gasteiger partial charge in [-0.1, -0.05) is 12.1 Å². The molecule has 130 valence electrons. The van der Waals surface area contributed by atoms with E-state index >= 15 is 0 Å². The third-order valence-electron chi connectivity index (χ3n) is 4.83. The number of nitrogens with zero attached hydrogens (tertiary/aromatic N) is 5. The molecular formula is C18H27N5O. The van der Waals surface area contributed by atoms with Crippen molar-refractivity contribution in [1.29, 1.82) is 0 Å². The van der Waals surface area contributed by atoms with E-state index in [1.54, 1.807) is 13.4 Å².